The van der Waals surface area contributed by atoms with Gasteiger partial charge in [-0.15, -0.1) is 0 Å². The van der Waals surface area contributed by atoms with E-state index < -0.39 is 0 Å². The molecule has 0 aliphatic carbocycles. The zero-order chi connectivity index (χ0) is 10.8. The van der Waals surface area contributed by atoms with Gasteiger partial charge in [-0.05, 0) is 27.3 Å². The molecular weight excluding hydrogens is 178 g/mol. The van der Waals surface area contributed by atoms with Gasteiger partial charge in [0.25, 0.3) is 0 Å². The van der Waals surface area contributed by atoms with Crippen LogP contribution in [-0.2, 0) is 9.47 Å². The Hall–Kier alpha value is -0.120. The van der Waals surface area contributed by atoms with Crippen LogP contribution in [0.25, 0.3) is 0 Å². The summed E-state index contributed by atoms with van der Waals surface area (Å²) in [4.78, 5) is 0. The highest BCUT2D eigenvalue weighted by molar-refractivity contribution is 4.61. The molecule has 0 saturated heterocycles. The molecule has 0 amide bonds. The summed E-state index contributed by atoms with van der Waals surface area (Å²) in [6.07, 6.45) is 2.66. The summed E-state index contributed by atoms with van der Waals surface area (Å²) in [7, 11) is 1.98. The Bertz CT molecular complexity index is 118. The molecule has 0 rings (SSSR count). The van der Waals surface area contributed by atoms with Gasteiger partial charge in [-0.3, -0.25) is 0 Å². The SMILES string of the molecule is CCCC(COCCOC(C)C)NC. The van der Waals surface area contributed by atoms with E-state index >= 15 is 0 Å². The molecule has 3 nitrogen and oxygen atoms in total. The van der Waals surface area contributed by atoms with Crippen molar-refractivity contribution in [1.29, 1.82) is 0 Å². The van der Waals surface area contributed by atoms with Crippen molar-refractivity contribution in [3.8, 4) is 0 Å². The monoisotopic (exact) mass is 203 g/mol. The van der Waals surface area contributed by atoms with Gasteiger partial charge < -0.3 is 14.8 Å². The summed E-state index contributed by atoms with van der Waals surface area (Å²) in [5.41, 5.74) is 0. The Kier molecular flexibility index (Phi) is 9.35. The first-order valence-corrected chi connectivity index (χ1v) is 5.57. The molecule has 0 heterocycles. The summed E-state index contributed by atoms with van der Waals surface area (Å²) in [5, 5.41) is 3.24. The maximum absolute atomic E-state index is 5.50. The number of likely N-dealkylation sites (N-methyl/N-ethyl adjacent to an activating group) is 1. The maximum Gasteiger partial charge on any atom is 0.0703 e. The second kappa shape index (κ2) is 9.44. The molecule has 0 bridgehead atoms. The fourth-order valence-corrected chi connectivity index (χ4v) is 1.23. The lowest BCUT2D eigenvalue weighted by Gasteiger charge is -2.15. The Morgan fingerprint density at radius 1 is 1.21 bits per heavy atom. The number of ether oxygens (including phenoxy) is 2. The topological polar surface area (TPSA) is 30.5 Å². The van der Waals surface area contributed by atoms with Crippen molar-refractivity contribution in [2.75, 3.05) is 26.9 Å². The van der Waals surface area contributed by atoms with Gasteiger partial charge in [0.2, 0.25) is 0 Å². The van der Waals surface area contributed by atoms with Crippen molar-refractivity contribution in [1.82, 2.24) is 5.32 Å². The molecule has 0 aromatic rings. The standard InChI is InChI=1S/C11H25NO2/c1-5-6-11(12-4)9-13-7-8-14-10(2)3/h10-12H,5-9H2,1-4H3. The first kappa shape index (κ1) is 13.9. The van der Waals surface area contributed by atoms with Gasteiger partial charge in [0.15, 0.2) is 0 Å². The van der Waals surface area contributed by atoms with Crippen molar-refractivity contribution >= 4 is 0 Å². The predicted octanol–water partition coefficient (Wildman–Crippen LogP) is 1.82. The summed E-state index contributed by atoms with van der Waals surface area (Å²) < 4.78 is 10.9. The van der Waals surface area contributed by atoms with E-state index in [1.807, 2.05) is 20.9 Å². The number of nitrogens with one attached hydrogen (secondary N) is 1. The molecule has 0 aliphatic rings. The van der Waals surface area contributed by atoms with Crippen molar-refractivity contribution in [3.05, 3.63) is 0 Å². The second-order valence-corrected chi connectivity index (χ2v) is 3.77. The number of rotatable bonds is 9. The fourth-order valence-electron chi connectivity index (χ4n) is 1.23. The average molecular weight is 203 g/mol. The minimum absolute atomic E-state index is 0.300. The van der Waals surface area contributed by atoms with Crippen molar-refractivity contribution < 1.29 is 9.47 Å². The van der Waals surface area contributed by atoms with Gasteiger partial charge >= 0.3 is 0 Å². The number of hydrogen-bond acceptors (Lipinski definition) is 3. The van der Waals surface area contributed by atoms with E-state index in [0.29, 0.717) is 25.4 Å². The van der Waals surface area contributed by atoms with E-state index in [0.717, 1.165) is 6.61 Å². The summed E-state index contributed by atoms with van der Waals surface area (Å²) in [6.45, 7) is 8.43. The lowest BCUT2D eigenvalue weighted by molar-refractivity contribution is 0.0138. The maximum atomic E-state index is 5.50. The molecule has 0 spiro atoms. The third-order valence-electron chi connectivity index (χ3n) is 2.04. The summed E-state index contributed by atoms with van der Waals surface area (Å²) >= 11 is 0. The Morgan fingerprint density at radius 2 is 1.93 bits per heavy atom. The van der Waals surface area contributed by atoms with Gasteiger partial charge in [0, 0.05) is 6.04 Å². The van der Waals surface area contributed by atoms with Crippen molar-refractivity contribution in [3.63, 3.8) is 0 Å². The zero-order valence-electron chi connectivity index (χ0n) is 10.0. The van der Waals surface area contributed by atoms with Crippen LogP contribution in [0, 0.1) is 0 Å². The molecule has 1 unspecified atom stereocenters. The van der Waals surface area contributed by atoms with Crippen LogP contribution in [0.5, 0.6) is 0 Å². The molecule has 0 fully saturated rings. The van der Waals surface area contributed by atoms with Crippen LogP contribution in [0.2, 0.25) is 0 Å². The highest BCUT2D eigenvalue weighted by atomic mass is 16.5. The van der Waals surface area contributed by atoms with E-state index in [9.17, 15) is 0 Å². The first-order valence-electron chi connectivity index (χ1n) is 5.57. The summed E-state index contributed by atoms with van der Waals surface area (Å²) in [5.74, 6) is 0. The fraction of sp³-hybridized carbons (Fsp3) is 1.00. The Morgan fingerprint density at radius 3 is 2.43 bits per heavy atom. The van der Waals surface area contributed by atoms with E-state index in [1.165, 1.54) is 12.8 Å². The smallest absolute Gasteiger partial charge is 0.0703 e. The molecule has 0 aromatic carbocycles. The molecule has 1 atom stereocenters. The minimum atomic E-state index is 0.300. The quantitative estimate of drug-likeness (QED) is 0.580. The molecule has 14 heavy (non-hydrogen) atoms. The average Bonchev–Trinajstić information content (AvgIpc) is 2.15. The van der Waals surface area contributed by atoms with Gasteiger partial charge in [-0.2, -0.15) is 0 Å². The predicted molar refractivity (Wildman–Crippen MR) is 59.7 cm³/mol. The molecule has 86 valence electrons. The van der Waals surface area contributed by atoms with Crippen LogP contribution in [0.15, 0.2) is 0 Å². The van der Waals surface area contributed by atoms with Crippen LogP contribution in [0.3, 0.4) is 0 Å². The van der Waals surface area contributed by atoms with Crippen LogP contribution in [0.4, 0.5) is 0 Å². The van der Waals surface area contributed by atoms with Gasteiger partial charge in [-0.1, -0.05) is 13.3 Å². The van der Waals surface area contributed by atoms with E-state index in [2.05, 4.69) is 12.2 Å². The molecule has 3 heteroatoms. The highest BCUT2D eigenvalue weighted by Gasteiger charge is 2.03. The normalized spacial score (nSPS) is 13.5. The van der Waals surface area contributed by atoms with Gasteiger partial charge in [0.1, 0.15) is 0 Å². The molecular formula is C11H25NO2. The third kappa shape index (κ3) is 8.48. The van der Waals surface area contributed by atoms with Gasteiger partial charge in [-0.25, -0.2) is 0 Å². The van der Waals surface area contributed by atoms with E-state index in [-0.39, 0.29) is 0 Å². The minimum Gasteiger partial charge on any atom is -0.377 e. The number of hydrogen-bond donors (Lipinski definition) is 1. The van der Waals surface area contributed by atoms with Crippen LogP contribution in [-0.4, -0.2) is 39.0 Å². The van der Waals surface area contributed by atoms with E-state index in [4.69, 9.17) is 9.47 Å². The lowest BCUT2D eigenvalue weighted by atomic mass is 10.2. The molecule has 0 radical (unpaired) electrons. The van der Waals surface area contributed by atoms with Crippen molar-refractivity contribution in [2.45, 2.75) is 45.8 Å². The summed E-state index contributed by atoms with van der Waals surface area (Å²) in [6, 6.07) is 0.485. The van der Waals surface area contributed by atoms with Gasteiger partial charge in [0.05, 0.1) is 25.9 Å². The van der Waals surface area contributed by atoms with Crippen LogP contribution >= 0.6 is 0 Å². The van der Waals surface area contributed by atoms with E-state index in [1.54, 1.807) is 0 Å². The lowest BCUT2D eigenvalue weighted by Crippen LogP contribution is -2.30. The van der Waals surface area contributed by atoms with Crippen LogP contribution in [0.1, 0.15) is 33.6 Å². The molecule has 0 saturated carbocycles. The molecule has 1 N–H and O–H groups in total. The zero-order valence-corrected chi connectivity index (χ0v) is 10.0. The first-order chi connectivity index (χ1) is 6.70. The Labute approximate surface area is 88.2 Å². The van der Waals surface area contributed by atoms with Crippen molar-refractivity contribution in [2.24, 2.45) is 0 Å². The molecule has 0 aliphatic heterocycles. The second-order valence-electron chi connectivity index (χ2n) is 3.77. The largest absolute Gasteiger partial charge is 0.377 e. The third-order valence-corrected chi connectivity index (χ3v) is 2.04. The Balaban J connectivity index is 3.24. The highest BCUT2D eigenvalue weighted by Crippen LogP contribution is 1.96. The van der Waals surface area contributed by atoms with Crippen LogP contribution < -0.4 is 5.32 Å². The molecule has 0 aromatic heterocycles.